The Morgan fingerprint density at radius 1 is 1.09 bits per heavy atom. The molecule has 2 aliphatic heterocycles. The van der Waals surface area contributed by atoms with Gasteiger partial charge in [0.2, 0.25) is 0 Å². The number of ether oxygens (including phenoxy) is 2. The number of nitrogens with zero attached hydrogens (tertiary/aromatic N) is 2. The molecule has 2 aromatic carbocycles. The highest BCUT2D eigenvalue weighted by Crippen LogP contribution is 2.36. The van der Waals surface area contributed by atoms with Gasteiger partial charge in [0, 0.05) is 11.5 Å². The van der Waals surface area contributed by atoms with Crippen LogP contribution in [0.5, 0.6) is 0 Å². The smallest absolute Gasteiger partial charge is 0.416 e. The summed E-state index contributed by atoms with van der Waals surface area (Å²) >= 11 is 0. The molecule has 9 heteroatoms. The van der Waals surface area contributed by atoms with E-state index in [9.17, 15) is 22.8 Å². The Bertz CT molecular complexity index is 1070. The number of morpholine rings is 1. The summed E-state index contributed by atoms with van der Waals surface area (Å²) in [5, 5.41) is 9.10. The van der Waals surface area contributed by atoms with Crippen LogP contribution in [0.2, 0.25) is 0 Å². The van der Waals surface area contributed by atoms with E-state index in [1.54, 1.807) is 11.0 Å². The zero-order valence-corrected chi connectivity index (χ0v) is 17.5. The molecule has 2 saturated heterocycles. The minimum absolute atomic E-state index is 0.111. The maximum Gasteiger partial charge on any atom is 0.416 e. The molecule has 2 unspecified atom stereocenters. The molecule has 6 nitrogen and oxygen atoms in total. The molecule has 0 N–H and O–H groups in total. The van der Waals surface area contributed by atoms with E-state index in [1.807, 2.05) is 30.3 Å². The van der Waals surface area contributed by atoms with Gasteiger partial charge in [-0.2, -0.15) is 18.4 Å². The minimum Gasteiger partial charge on any atom is -0.445 e. The Balaban J connectivity index is 1.49. The molecule has 2 heterocycles. The zero-order valence-electron chi connectivity index (χ0n) is 17.5. The highest BCUT2D eigenvalue weighted by molar-refractivity contribution is 5.98. The van der Waals surface area contributed by atoms with E-state index in [0.29, 0.717) is 0 Å². The standard InChI is InChI=1S/C24H21F3N2O4/c25-24(26,27)19-7-16(11-28)6-17(8-19)22(30)18-9-20-13-32-14-21(10-18)29(20)23(31)33-12-15-4-2-1-3-5-15/h1-8,18,20-21H,9-10,12-14H2. The van der Waals surface area contributed by atoms with E-state index in [4.69, 9.17) is 14.7 Å². The number of Topliss-reactive ketones (excluding diaryl/α,β-unsaturated/α-hetero) is 1. The highest BCUT2D eigenvalue weighted by Gasteiger charge is 2.45. The summed E-state index contributed by atoms with van der Waals surface area (Å²) < 4.78 is 50.7. The monoisotopic (exact) mass is 458 g/mol. The number of piperidine rings is 1. The zero-order chi connectivity index (χ0) is 23.6. The average molecular weight is 458 g/mol. The molecular formula is C24H21F3N2O4. The lowest BCUT2D eigenvalue weighted by molar-refractivity contribution is -0.137. The van der Waals surface area contributed by atoms with Gasteiger partial charge >= 0.3 is 12.3 Å². The van der Waals surface area contributed by atoms with Crippen LogP contribution < -0.4 is 0 Å². The summed E-state index contributed by atoms with van der Waals surface area (Å²) in [6, 6.07) is 12.8. The van der Waals surface area contributed by atoms with Crippen LogP contribution in [0, 0.1) is 17.2 Å². The predicted molar refractivity (Wildman–Crippen MR) is 110 cm³/mol. The summed E-state index contributed by atoms with van der Waals surface area (Å²) in [7, 11) is 0. The quantitative estimate of drug-likeness (QED) is 0.627. The topological polar surface area (TPSA) is 79.6 Å². The third-order valence-electron chi connectivity index (χ3n) is 5.98. The van der Waals surface area contributed by atoms with Crippen molar-refractivity contribution in [2.75, 3.05) is 13.2 Å². The second-order valence-corrected chi connectivity index (χ2v) is 8.23. The molecule has 2 fully saturated rings. The Morgan fingerprint density at radius 2 is 1.76 bits per heavy atom. The number of hydrogen-bond acceptors (Lipinski definition) is 5. The molecule has 2 aromatic rings. The van der Waals surface area contributed by atoms with Crippen LogP contribution in [0.1, 0.15) is 39.9 Å². The van der Waals surface area contributed by atoms with E-state index in [2.05, 4.69) is 0 Å². The van der Waals surface area contributed by atoms with Gasteiger partial charge in [0.05, 0.1) is 42.5 Å². The number of fused-ring (bicyclic) bond motifs is 2. The van der Waals surface area contributed by atoms with Gasteiger partial charge in [-0.1, -0.05) is 30.3 Å². The molecule has 0 aromatic heterocycles. The number of carbonyl (C=O) groups excluding carboxylic acids is 2. The Labute approximate surface area is 188 Å². The first kappa shape index (κ1) is 22.8. The van der Waals surface area contributed by atoms with Crippen LogP contribution in [0.25, 0.3) is 0 Å². The van der Waals surface area contributed by atoms with Crippen molar-refractivity contribution in [2.45, 2.75) is 37.7 Å². The summed E-state index contributed by atoms with van der Waals surface area (Å²) in [6.07, 6.45) is -4.69. The number of alkyl halides is 3. The first-order valence-corrected chi connectivity index (χ1v) is 10.5. The summed E-state index contributed by atoms with van der Waals surface area (Å²) in [5.74, 6) is -1.05. The number of hydrogen-bond donors (Lipinski definition) is 0. The lowest BCUT2D eigenvalue weighted by Gasteiger charge is -2.47. The Hall–Kier alpha value is -3.38. The maximum absolute atomic E-state index is 13.2. The van der Waals surface area contributed by atoms with Crippen molar-refractivity contribution < 1.29 is 32.2 Å². The van der Waals surface area contributed by atoms with Crippen LogP contribution in [0.4, 0.5) is 18.0 Å². The van der Waals surface area contributed by atoms with Gasteiger partial charge in [0.25, 0.3) is 0 Å². The van der Waals surface area contributed by atoms with Gasteiger partial charge < -0.3 is 9.47 Å². The normalized spacial score (nSPS) is 22.4. The molecule has 0 spiro atoms. The van der Waals surface area contributed by atoms with Crippen molar-refractivity contribution in [3.05, 3.63) is 70.8 Å². The molecule has 0 aliphatic carbocycles. The number of ketones is 1. The SMILES string of the molecule is N#Cc1cc(C(=O)C2CC3COCC(C2)N3C(=O)OCc2ccccc2)cc(C(F)(F)F)c1. The largest absolute Gasteiger partial charge is 0.445 e. The van der Waals surface area contributed by atoms with Crippen LogP contribution >= 0.6 is 0 Å². The fraction of sp³-hybridized carbons (Fsp3) is 0.375. The van der Waals surface area contributed by atoms with Crippen molar-refractivity contribution in [3.8, 4) is 6.07 Å². The predicted octanol–water partition coefficient (Wildman–Crippen LogP) is 4.58. The van der Waals surface area contributed by atoms with Crippen LogP contribution in [-0.4, -0.2) is 42.1 Å². The maximum atomic E-state index is 13.2. The van der Waals surface area contributed by atoms with Crippen molar-refractivity contribution in [1.29, 1.82) is 5.26 Å². The van der Waals surface area contributed by atoms with E-state index in [0.717, 1.165) is 17.7 Å². The summed E-state index contributed by atoms with van der Waals surface area (Å²) in [5.41, 5.74) is -0.561. The number of nitriles is 1. The highest BCUT2D eigenvalue weighted by atomic mass is 19.4. The first-order valence-electron chi connectivity index (χ1n) is 10.5. The van der Waals surface area contributed by atoms with Gasteiger partial charge in [-0.05, 0) is 36.6 Å². The van der Waals surface area contributed by atoms with E-state index >= 15 is 0 Å². The van der Waals surface area contributed by atoms with Gasteiger partial charge in [0.15, 0.2) is 5.78 Å². The van der Waals surface area contributed by atoms with Crippen molar-refractivity contribution in [3.63, 3.8) is 0 Å². The average Bonchev–Trinajstić information content (AvgIpc) is 2.81. The molecule has 0 saturated carbocycles. The van der Waals surface area contributed by atoms with E-state index in [1.165, 1.54) is 6.07 Å². The van der Waals surface area contributed by atoms with Gasteiger partial charge in [0.1, 0.15) is 6.61 Å². The van der Waals surface area contributed by atoms with Gasteiger partial charge in [-0.3, -0.25) is 9.69 Å². The molecule has 0 radical (unpaired) electrons. The van der Waals surface area contributed by atoms with Crippen molar-refractivity contribution >= 4 is 11.9 Å². The third kappa shape index (κ3) is 5.01. The van der Waals surface area contributed by atoms with Gasteiger partial charge in [-0.15, -0.1) is 0 Å². The third-order valence-corrected chi connectivity index (χ3v) is 5.98. The number of rotatable bonds is 4. The molecular weight excluding hydrogens is 437 g/mol. The fourth-order valence-electron chi connectivity index (χ4n) is 4.45. The van der Waals surface area contributed by atoms with Crippen molar-refractivity contribution in [1.82, 2.24) is 4.90 Å². The van der Waals surface area contributed by atoms with Crippen LogP contribution in [0.15, 0.2) is 48.5 Å². The molecule has 4 rings (SSSR count). The molecule has 33 heavy (non-hydrogen) atoms. The van der Waals surface area contributed by atoms with Crippen LogP contribution in [-0.2, 0) is 22.3 Å². The van der Waals surface area contributed by atoms with Crippen LogP contribution in [0.3, 0.4) is 0 Å². The second kappa shape index (κ2) is 9.24. The first-order chi connectivity index (χ1) is 15.8. The number of halogens is 3. The second-order valence-electron chi connectivity index (χ2n) is 8.23. The van der Waals surface area contributed by atoms with Crippen molar-refractivity contribution in [2.24, 2.45) is 5.92 Å². The molecule has 2 bridgehead atoms. The Morgan fingerprint density at radius 3 is 2.36 bits per heavy atom. The van der Waals surface area contributed by atoms with E-state index < -0.39 is 41.6 Å². The number of amides is 1. The molecule has 1 amide bonds. The van der Waals surface area contributed by atoms with E-state index in [-0.39, 0.29) is 43.8 Å². The molecule has 172 valence electrons. The summed E-state index contributed by atoms with van der Waals surface area (Å²) in [6.45, 7) is 0.541. The summed E-state index contributed by atoms with van der Waals surface area (Å²) in [4.78, 5) is 27.5. The molecule has 2 aliphatic rings. The molecule has 2 atom stereocenters. The minimum atomic E-state index is -4.67. The lowest BCUT2D eigenvalue weighted by Crippen LogP contribution is -2.59. The van der Waals surface area contributed by atoms with Gasteiger partial charge in [-0.25, -0.2) is 4.79 Å². The number of benzene rings is 2. The lowest BCUT2D eigenvalue weighted by atomic mass is 9.80. The number of carbonyl (C=O) groups is 2. The fourth-order valence-corrected chi connectivity index (χ4v) is 4.45. The Kier molecular flexibility index (Phi) is 6.38.